The van der Waals surface area contributed by atoms with Crippen molar-refractivity contribution < 1.29 is 38.7 Å². The Bertz CT molecular complexity index is 1490. The number of aromatic nitrogens is 3. The molecule has 0 bridgehead atoms. The van der Waals surface area contributed by atoms with Gasteiger partial charge in [0.1, 0.15) is 40.0 Å². The molecule has 4 heterocycles. The van der Waals surface area contributed by atoms with Gasteiger partial charge >= 0.3 is 12.1 Å². The van der Waals surface area contributed by atoms with Crippen LogP contribution in [-0.2, 0) is 28.8 Å². The maximum absolute atomic E-state index is 13.5. The van der Waals surface area contributed by atoms with Crippen LogP contribution in [0.2, 0.25) is 0 Å². The first-order chi connectivity index (χ1) is 21.4. The Labute approximate surface area is 273 Å². The third-order valence-corrected chi connectivity index (χ3v) is 10.1. The number of anilines is 1. The van der Waals surface area contributed by atoms with Gasteiger partial charge in [0.15, 0.2) is 15.2 Å². The number of rotatable bonds is 14. The maximum Gasteiger partial charge on any atom is 0.407 e. The molecule has 0 aromatic carbocycles. The molecule has 45 heavy (non-hydrogen) atoms. The van der Waals surface area contributed by atoms with Gasteiger partial charge in [-0.1, -0.05) is 35.2 Å². The third-order valence-electron chi connectivity index (χ3n) is 6.01. The van der Waals surface area contributed by atoms with Gasteiger partial charge in [0, 0.05) is 16.9 Å². The lowest BCUT2D eigenvalue weighted by molar-refractivity contribution is -0.150. The van der Waals surface area contributed by atoms with Gasteiger partial charge in [-0.2, -0.15) is 0 Å². The second kappa shape index (κ2) is 15.0. The van der Waals surface area contributed by atoms with Crippen molar-refractivity contribution in [2.45, 2.75) is 61.6 Å². The van der Waals surface area contributed by atoms with Crippen molar-refractivity contribution in [2.75, 3.05) is 23.4 Å². The van der Waals surface area contributed by atoms with Gasteiger partial charge < -0.3 is 30.6 Å². The number of thiazole rings is 1. The van der Waals surface area contributed by atoms with Gasteiger partial charge in [0.05, 0.1) is 6.54 Å². The highest BCUT2D eigenvalue weighted by molar-refractivity contribution is 8.01. The Kier molecular flexibility index (Phi) is 11.4. The monoisotopic (exact) mass is 698 g/mol. The SMILES string of the molecule is CCC(CNC(=O)OC(C)(C)C)ON=C(C(=O)NC1C(=O)N2C(C(=O)O)=C(CSc3nncs3)CS[C@H]12)c1csc(NC=O)n1. The summed E-state index contributed by atoms with van der Waals surface area (Å²) in [7, 11) is 0. The average Bonchev–Trinajstić information content (AvgIpc) is 3.67. The first-order valence-electron chi connectivity index (χ1n) is 13.4. The number of carboxylic acid groups (broad SMARTS) is 1. The number of hydrogen-bond donors (Lipinski definition) is 4. The highest BCUT2D eigenvalue weighted by Crippen LogP contribution is 2.41. The van der Waals surface area contributed by atoms with Crippen LogP contribution < -0.4 is 16.0 Å². The van der Waals surface area contributed by atoms with E-state index in [-0.39, 0.29) is 28.8 Å². The van der Waals surface area contributed by atoms with Crippen LogP contribution >= 0.6 is 46.2 Å². The van der Waals surface area contributed by atoms with E-state index in [2.05, 4.69) is 36.3 Å². The number of nitrogens with zero attached hydrogens (tertiary/aromatic N) is 5. The van der Waals surface area contributed by atoms with E-state index in [0.717, 1.165) is 11.3 Å². The number of carbonyl (C=O) groups is 5. The lowest BCUT2D eigenvalue weighted by atomic mass is 10.0. The Morgan fingerprint density at radius 1 is 1.31 bits per heavy atom. The second-order valence-corrected chi connectivity index (χ2v) is 14.4. The number of hydrogen-bond acceptors (Lipinski definition) is 15. The van der Waals surface area contributed by atoms with Crippen LogP contribution in [0, 0.1) is 0 Å². The minimum Gasteiger partial charge on any atom is -0.477 e. The fraction of sp³-hybridized carbons (Fsp3) is 0.480. The van der Waals surface area contributed by atoms with E-state index in [4.69, 9.17) is 9.57 Å². The molecule has 242 valence electrons. The van der Waals surface area contributed by atoms with Crippen LogP contribution in [0.25, 0.3) is 0 Å². The van der Waals surface area contributed by atoms with E-state index in [9.17, 15) is 29.1 Å². The summed E-state index contributed by atoms with van der Waals surface area (Å²) in [4.78, 5) is 72.9. The molecule has 2 aromatic rings. The fourth-order valence-electron chi connectivity index (χ4n) is 3.98. The summed E-state index contributed by atoms with van der Waals surface area (Å²) in [6.45, 7) is 7.01. The molecule has 0 spiro atoms. The van der Waals surface area contributed by atoms with Gasteiger partial charge in [-0.05, 0) is 32.8 Å². The van der Waals surface area contributed by atoms with Crippen molar-refractivity contribution >= 4 is 87.3 Å². The maximum atomic E-state index is 13.5. The highest BCUT2D eigenvalue weighted by atomic mass is 32.2. The summed E-state index contributed by atoms with van der Waals surface area (Å²) < 4.78 is 5.91. The Morgan fingerprint density at radius 3 is 2.73 bits per heavy atom. The van der Waals surface area contributed by atoms with Crippen LogP contribution in [0.4, 0.5) is 9.93 Å². The Balaban J connectivity index is 1.48. The van der Waals surface area contributed by atoms with E-state index in [1.165, 1.54) is 45.1 Å². The summed E-state index contributed by atoms with van der Waals surface area (Å²) in [5.41, 5.74) is 1.11. The lowest BCUT2D eigenvalue weighted by Gasteiger charge is -2.49. The van der Waals surface area contributed by atoms with Crippen molar-refractivity contribution in [3.63, 3.8) is 0 Å². The quantitative estimate of drug-likeness (QED) is 0.0732. The van der Waals surface area contributed by atoms with E-state index in [1.54, 1.807) is 33.2 Å². The van der Waals surface area contributed by atoms with Gasteiger partial charge in [-0.25, -0.2) is 14.6 Å². The number of thioether (sulfide) groups is 2. The van der Waals surface area contributed by atoms with Crippen LogP contribution in [0.15, 0.2) is 31.7 Å². The molecule has 2 aromatic heterocycles. The average molecular weight is 699 g/mol. The minimum atomic E-state index is -1.25. The number of fused-ring (bicyclic) bond motifs is 1. The van der Waals surface area contributed by atoms with Crippen LogP contribution in [0.3, 0.4) is 0 Å². The number of carbonyl (C=O) groups excluding carboxylic acids is 4. The molecule has 2 aliphatic heterocycles. The number of β-lactam (4-membered cyclic amide) rings is 1. The number of amides is 4. The standard InChI is InChI=1S/C25H30N8O8S4/c1-5-13(6-26-23(39)40-25(2,3)4)41-32-15(14-9-43-22(29-14)27-10-34)18(35)30-16-19(36)33-17(21(37)38)12(7-42-20(16)33)8-44-24-31-28-11-45-24/h9-11,13,16,20H,5-8H2,1-4H3,(H,26,39)(H,30,35)(H,37,38)(H,27,29,34)/t13?,16?,20-/m1/s1. The van der Waals surface area contributed by atoms with Crippen molar-refractivity contribution in [3.8, 4) is 0 Å². The van der Waals surface area contributed by atoms with Gasteiger partial charge in [0.25, 0.3) is 11.8 Å². The number of oxime groups is 1. The molecule has 2 unspecified atom stereocenters. The Hall–Kier alpha value is -3.75. The van der Waals surface area contributed by atoms with Crippen molar-refractivity contribution in [2.24, 2.45) is 5.16 Å². The third kappa shape index (κ3) is 8.70. The topological polar surface area (TPSA) is 214 Å². The molecule has 0 saturated carbocycles. The van der Waals surface area contributed by atoms with Crippen LogP contribution in [0.5, 0.6) is 0 Å². The molecule has 1 fully saturated rings. The van der Waals surface area contributed by atoms with Crippen LogP contribution in [-0.4, -0.2) is 102 Å². The summed E-state index contributed by atoms with van der Waals surface area (Å²) in [5.74, 6) is -2.00. The fourth-order valence-corrected chi connectivity index (χ4v) is 7.61. The molecule has 4 rings (SSSR count). The molecule has 4 amide bonds. The molecule has 1 saturated heterocycles. The van der Waals surface area contributed by atoms with Crippen molar-refractivity contribution in [1.82, 2.24) is 30.7 Å². The molecule has 4 N–H and O–H groups in total. The predicted octanol–water partition coefficient (Wildman–Crippen LogP) is 2.12. The van der Waals surface area contributed by atoms with Crippen LogP contribution in [0.1, 0.15) is 39.8 Å². The zero-order valence-electron chi connectivity index (χ0n) is 24.5. The predicted molar refractivity (Wildman–Crippen MR) is 168 cm³/mol. The molecule has 20 heteroatoms. The first-order valence-corrected chi connectivity index (χ1v) is 17.2. The molecule has 3 atom stereocenters. The number of nitrogens with one attached hydrogen (secondary N) is 3. The summed E-state index contributed by atoms with van der Waals surface area (Å²) in [6.07, 6.45) is -0.463. The number of carboxylic acids is 1. The van der Waals surface area contributed by atoms with Gasteiger partial charge in [-0.3, -0.25) is 19.3 Å². The number of aliphatic carboxylic acids is 1. The normalized spacial score (nSPS) is 18.8. The van der Waals surface area contributed by atoms with Crippen molar-refractivity contribution in [1.29, 1.82) is 0 Å². The largest absolute Gasteiger partial charge is 0.477 e. The van der Waals surface area contributed by atoms with Gasteiger partial charge in [-0.15, -0.1) is 33.3 Å². The first kappa shape index (κ1) is 34.1. The summed E-state index contributed by atoms with van der Waals surface area (Å²) in [6, 6.07) is -1.04. The highest BCUT2D eigenvalue weighted by Gasteiger charge is 2.54. The zero-order valence-corrected chi connectivity index (χ0v) is 27.7. The zero-order chi connectivity index (χ0) is 32.7. The molecule has 16 nitrogen and oxygen atoms in total. The number of ether oxygens (including phenoxy) is 1. The minimum absolute atomic E-state index is 0.0254. The smallest absolute Gasteiger partial charge is 0.407 e. The molecule has 0 radical (unpaired) electrons. The lowest BCUT2D eigenvalue weighted by Crippen LogP contribution is -2.71. The summed E-state index contributed by atoms with van der Waals surface area (Å²) in [5, 5.41) is 30.3. The van der Waals surface area contributed by atoms with Gasteiger partial charge in [0.2, 0.25) is 6.41 Å². The molecule has 2 aliphatic rings. The van der Waals surface area contributed by atoms with Crippen molar-refractivity contribution in [3.05, 3.63) is 27.9 Å². The molecule has 0 aliphatic carbocycles. The van der Waals surface area contributed by atoms with E-state index < -0.39 is 47.0 Å². The Morgan fingerprint density at radius 2 is 2.09 bits per heavy atom. The van der Waals surface area contributed by atoms with E-state index >= 15 is 0 Å². The number of alkyl carbamates (subject to hydrolysis) is 1. The molecular weight excluding hydrogens is 669 g/mol. The summed E-state index contributed by atoms with van der Waals surface area (Å²) >= 11 is 5.02. The van der Waals surface area contributed by atoms with E-state index in [1.807, 2.05) is 0 Å². The molecular formula is C25H30N8O8S4. The van der Waals surface area contributed by atoms with E-state index in [0.29, 0.717) is 34.2 Å². The second-order valence-electron chi connectivity index (χ2n) is 10.4.